The quantitative estimate of drug-likeness (QED) is 0.482. The van der Waals surface area contributed by atoms with Crippen LogP contribution < -0.4 is 4.90 Å². The van der Waals surface area contributed by atoms with E-state index < -0.39 is 0 Å². The second-order valence-electron chi connectivity index (χ2n) is 3.38. The van der Waals surface area contributed by atoms with Crippen LogP contribution in [-0.2, 0) is 4.79 Å². The lowest BCUT2D eigenvalue weighted by Gasteiger charge is -2.11. The van der Waals surface area contributed by atoms with E-state index in [1.807, 2.05) is 5.40 Å². The Balaban J connectivity index is 2.12. The molecule has 1 unspecified atom stereocenters. The maximum Gasteiger partial charge on any atom is 0.229 e. The lowest BCUT2D eigenvalue weighted by molar-refractivity contribution is -0.117. The van der Waals surface area contributed by atoms with Crippen molar-refractivity contribution in [3.8, 4) is 5.40 Å². The number of thioether (sulfide) groups is 1. The fourth-order valence-electron chi connectivity index (χ4n) is 1.54. The monoisotopic (exact) mass is 273 g/mol. The van der Waals surface area contributed by atoms with Crippen molar-refractivity contribution in [2.24, 2.45) is 5.92 Å². The summed E-state index contributed by atoms with van der Waals surface area (Å²) in [6.07, 6.45) is 2.11. The highest BCUT2D eigenvalue weighted by Crippen LogP contribution is 2.33. The van der Waals surface area contributed by atoms with Gasteiger partial charge >= 0.3 is 0 Å². The Morgan fingerprint density at radius 1 is 1.81 bits per heavy atom. The van der Waals surface area contributed by atoms with E-state index in [-0.39, 0.29) is 11.8 Å². The number of alkyl halides is 1. The maximum atomic E-state index is 11.7. The smallest absolute Gasteiger partial charge is 0.229 e. The number of hydrogen-bond acceptors (Lipinski definition) is 5. The number of hydrogen-bond donors (Lipinski definition) is 0. The van der Waals surface area contributed by atoms with Crippen LogP contribution in [0.4, 0.5) is 5.13 Å². The summed E-state index contributed by atoms with van der Waals surface area (Å²) in [6.45, 7) is 0.631. The number of thiocyanates is 1. The minimum atomic E-state index is 0.0634. The molecular formula is C9H8ClN3OS2. The first kappa shape index (κ1) is 11.7. The second-order valence-corrected chi connectivity index (χ2v) is 5.79. The van der Waals surface area contributed by atoms with Gasteiger partial charge in [0.2, 0.25) is 5.91 Å². The lowest BCUT2D eigenvalue weighted by atomic mass is 10.2. The fourth-order valence-corrected chi connectivity index (χ4v) is 3.12. The molecule has 0 saturated carbocycles. The zero-order valence-corrected chi connectivity index (χ0v) is 10.6. The third-order valence-corrected chi connectivity index (χ3v) is 4.42. The van der Waals surface area contributed by atoms with Crippen LogP contribution in [0.2, 0.25) is 0 Å². The molecule has 1 fully saturated rings. The number of amides is 1. The van der Waals surface area contributed by atoms with Crippen LogP contribution in [0.25, 0.3) is 0 Å². The van der Waals surface area contributed by atoms with Crippen molar-refractivity contribution < 1.29 is 4.79 Å². The summed E-state index contributed by atoms with van der Waals surface area (Å²) >= 11 is 8.16. The Kier molecular flexibility index (Phi) is 3.69. The number of nitrogens with zero attached hydrogens (tertiary/aromatic N) is 3. The van der Waals surface area contributed by atoms with Gasteiger partial charge < -0.3 is 0 Å². The van der Waals surface area contributed by atoms with E-state index in [1.54, 1.807) is 11.1 Å². The van der Waals surface area contributed by atoms with Gasteiger partial charge in [-0.3, -0.25) is 9.69 Å². The second kappa shape index (κ2) is 5.04. The molecule has 0 radical (unpaired) electrons. The molecular weight excluding hydrogens is 266 g/mol. The van der Waals surface area contributed by atoms with E-state index in [9.17, 15) is 4.79 Å². The number of carbonyl (C=O) groups excluding carboxylic acids is 1. The van der Waals surface area contributed by atoms with Crippen LogP contribution in [0, 0.1) is 16.6 Å². The van der Waals surface area contributed by atoms with Gasteiger partial charge in [0, 0.05) is 30.6 Å². The molecule has 1 saturated heterocycles. The first-order valence-electron chi connectivity index (χ1n) is 4.62. The SMILES string of the molecule is N#CSc1cnc(N2CC(CCl)CC2=O)s1. The fraction of sp³-hybridized carbons (Fsp3) is 0.444. The molecule has 1 atom stereocenters. The van der Waals surface area contributed by atoms with Gasteiger partial charge in [-0.15, -0.1) is 11.6 Å². The zero-order valence-electron chi connectivity index (χ0n) is 8.22. The van der Waals surface area contributed by atoms with Gasteiger partial charge in [-0.2, -0.15) is 5.26 Å². The van der Waals surface area contributed by atoms with Gasteiger partial charge in [-0.05, 0) is 5.92 Å². The van der Waals surface area contributed by atoms with Gasteiger partial charge in [0.15, 0.2) is 5.13 Å². The number of thiazole rings is 1. The van der Waals surface area contributed by atoms with Gasteiger partial charge in [-0.1, -0.05) is 11.3 Å². The number of rotatable bonds is 3. The van der Waals surface area contributed by atoms with Crippen molar-refractivity contribution in [3.63, 3.8) is 0 Å². The highest BCUT2D eigenvalue weighted by Gasteiger charge is 2.31. The number of halogens is 1. The number of anilines is 1. The molecule has 1 amide bonds. The number of carbonyl (C=O) groups is 1. The van der Waals surface area contributed by atoms with E-state index in [1.165, 1.54) is 11.3 Å². The van der Waals surface area contributed by atoms with Gasteiger partial charge in [-0.25, -0.2) is 4.98 Å². The predicted octanol–water partition coefficient (Wildman–Crippen LogP) is 2.31. The van der Waals surface area contributed by atoms with Crippen LogP contribution in [-0.4, -0.2) is 23.3 Å². The van der Waals surface area contributed by atoms with Gasteiger partial charge in [0.1, 0.15) is 5.40 Å². The first-order valence-corrected chi connectivity index (χ1v) is 6.79. The molecule has 2 heterocycles. The van der Waals surface area contributed by atoms with E-state index >= 15 is 0 Å². The highest BCUT2D eigenvalue weighted by atomic mass is 35.5. The van der Waals surface area contributed by atoms with Crippen molar-refractivity contribution in [2.75, 3.05) is 17.3 Å². The van der Waals surface area contributed by atoms with Crippen molar-refractivity contribution in [1.82, 2.24) is 4.98 Å². The van der Waals surface area contributed by atoms with Crippen molar-refractivity contribution in [2.45, 2.75) is 10.6 Å². The summed E-state index contributed by atoms with van der Waals surface area (Å²) in [5.41, 5.74) is 0. The first-order chi connectivity index (χ1) is 7.74. The van der Waals surface area contributed by atoms with Crippen LogP contribution in [0.3, 0.4) is 0 Å². The molecule has 7 heteroatoms. The lowest BCUT2D eigenvalue weighted by Crippen LogP contribution is -2.24. The molecule has 1 aromatic rings. The topological polar surface area (TPSA) is 57.0 Å². The minimum absolute atomic E-state index is 0.0634. The summed E-state index contributed by atoms with van der Waals surface area (Å²) in [6, 6.07) is 0. The average Bonchev–Trinajstić information content (AvgIpc) is 2.85. The number of nitriles is 1. The Bertz CT molecular complexity index is 442. The summed E-state index contributed by atoms with van der Waals surface area (Å²) in [7, 11) is 0. The molecule has 1 aromatic heterocycles. The van der Waals surface area contributed by atoms with E-state index in [2.05, 4.69) is 4.98 Å². The largest absolute Gasteiger partial charge is 0.288 e. The van der Waals surface area contributed by atoms with E-state index in [0.717, 1.165) is 16.0 Å². The molecule has 0 N–H and O–H groups in total. The molecule has 0 aliphatic carbocycles. The molecule has 4 nitrogen and oxygen atoms in total. The zero-order chi connectivity index (χ0) is 11.5. The summed E-state index contributed by atoms with van der Waals surface area (Å²) in [5.74, 6) is 0.770. The molecule has 0 aromatic carbocycles. The predicted molar refractivity (Wildman–Crippen MR) is 64.8 cm³/mol. The van der Waals surface area contributed by atoms with Crippen LogP contribution in [0.15, 0.2) is 10.4 Å². The molecule has 16 heavy (non-hydrogen) atoms. The molecule has 84 valence electrons. The summed E-state index contributed by atoms with van der Waals surface area (Å²) in [5, 5.41) is 11.2. The van der Waals surface area contributed by atoms with E-state index in [0.29, 0.717) is 24.0 Å². The maximum absolute atomic E-state index is 11.7. The van der Waals surface area contributed by atoms with Crippen LogP contribution in [0.1, 0.15) is 6.42 Å². The van der Waals surface area contributed by atoms with Crippen LogP contribution >= 0.6 is 34.7 Å². The van der Waals surface area contributed by atoms with Crippen molar-refractivity contribution in [3.05, 3.63) is 6.20 Å². The molecule has 0 spiro atoms. The molecule has 1 aliphatic heterocycles. The third kappa shape index (κ3) is 2.32. The van der Waals surface area contributed by atoms with Crippen molar-refractivity contribution >= 4 is 45.7 Å². The normalized spacial score (nSPS) is 20.1. The van der Waals surface area contributed by atoms with Crippen molar-refractivity contribution in [1.29, 1.82) is 5.26 Å². The average molecular weight is 274 g/mol. The van der Waals surface area contributed by atoms with Gasteiger partial charge in [0.05, 0.1) is 10.4 Å². The third-order valence-electron chi connectivity index (χ3n) is 2.27. The Morgan fingerprint density at radius 3 is 3.25 bits per heavy atom. The van der Waals surface area contributed by atoms with Crippen LogP contribution in [0.5, 0.6) is 0 Å². The summed E-state index contributed by atoms with van der Waals surface area (Å²) < 4.78 is 0.805. The molecule has 1 aliphatic rings. The van der Waals surface area contributed by atoms with Gasteiger partial charge in [0.25, 0.3) is 0 Å². The van der Waals surface area contributed by atoms with E-state index in [4.69, 9.17) is 16.9 Å². The Labute approximate surface area is 106 Å². The highest BCUT2D eigenvalue weighted by molar-refractivity contribution is 8.05. The molecule has 0 bridgehead atoms. The number of aromatic nitrogens is 1. The standard InChI is InChI=1S/C9H8ClN3OS2/c10-2-6-1-7(14)13(4-6)9-12-3-8(16-9)15-5-11/h3,6H,1-2,4H2. The minimum Gasteiger partial charge on any atom is -0.288 e. The molecule has 2 rings (SSSR count). The summed E-state index contributed by atoms with van der Waals surface area (Å²) in [4.78, 5) is 17.5. The Morgan fingerprint density at radius 2 is 2.62 bits per heavy atom. The Hall–Kier alpha value is -0.770.